The van der Waals surface area contributed by atoms with E-state index in [0.29, 0.717) is 12.4 Å². The van der Waals surface area contributed by atoms with E-state index in [9.17, 15) is 18.4 Å². The molecular weight excluding hydrogens is 386 g/mol. The number of hydrogen-bond acceptors (Lipinski definition) is 4. The standard InChI is InChI=1S/C19H16F2N4O2S/c20-13-3-4-16(15(21)9-13)24-10-12(8-18(24)26)19(27)23-17-5-6-22-25(17)11-14-2-1-7-28-14/h1-7,9,12H,8,10-11H2,(H,23,27)/t12-/m0/s1. The largest absolute Gasteiger partial charge is 0.311 e. The van der Waals surface area contributed by atoms with Crippen LogP contribution in [0.3, 0.4) is 0 Å². The molecule has 28 heavy (non-hydrogen) atoms. The van der Waals surface area contributed by atoms with Gasteiger partial charge < -0.3 is 10.2 Å². The van der Waals surface area contributed by atoms with Crippen LogP contribution < -0.4 is 10.2 Å². The summed E-state index contributed by atoms with van der Waals surface area (Å²) in [7, 11) is 0. The van der Waals surface area contributed by atoms with Gasteiger partial charge in [0, 0.05) is 30.0 Å². The average molecular weight is 402 g/mol. The zero-order chi connectivity index (χ0) is 19.7. The molecule has 2 amide bonds. The highest BCUT2D eigenvalue weighted by Gasteiger charge is 2.36. The molecular formula is C19H16F2N4O2S. The molecule has 144 valence electrons. The van der Waals surface area contributed by atoms with E-state index < -0.39 is 17.6 Å². The normalized spacial score (nSPS) is 16.6. The number of anilines is 2. The van der Waals surface area contributed by atoms with Crippen LogP contribution in [-0.4, -0.2) is 28.1 Å². The van der Waals surface area contributed by atoms with Crippen LogP contribution in [0.15, 0.2) is 48.0 Å². The Bertz CT molecular complexity index is 1020. The van der Waals surface area contributed by atoms with Gasteiger partial charge in [-0.3, -0.25) is 9.59 Å². The summed E-state index contributed by atoms with van der Waals surface area (Å²) < 4.78 is 28.8. The minimum Gasteiger partial charge on any atom is -0.311 e. The number of benzene rings is 1. The number of halogens is 2. The van der Waals surface area contributed by atoms with E-state index in [-0.39, 0.29) is 30.5 Å². The average Bonchev–Trinajstić information content (AvgIpc) is 3.39. The monoisotopic (exact) mass is 402 g/mol. The van der Waals surface area contributed by atoms with Gasteiger partial charge in [-0.2, -0.15) is 5.10 Å². The van der Waals surface area contributed by atoms with Gasteiger partial charge in [0.25, 0.3) is 0 Å². The highest BCUT2D eigenvalue weighted by molar-refractivity contribution is 7.09. The van der Waals surface area contributed by atoms with Gasteiger partial charge in [0.2, 0.25) is 11.8 Å². The Labute approximate surface area is 163 Å². The highest BCUT2D eigenvalue weighted by Crippen LogP contribution is 2.28. The van der Waals surface area contributed by atoms with Gasteiger partial charge in [-0.1, -0.05) is 6.07 Å². The molecule has 2 aromatic heterocycles. The quantitative estimate of drug-likeness (QED) is 0.712. The number of aromatic nitrogens is 2. The van der Waals surface area contributed by atoms with Gasteiger partial charge >= 0.3 is 0 Å². The maximum atomic E-state index is 14.0. The van der Waals surface area contributed by atoms with Gasteiger partial charge in [-0.25, -0.2) is 13.5 Å². The number of nitrogens with one attached hydrogen (secondary N) is 1. The van der Waals surface area contributed by atoms with Crippen LogP contribution in [0.1, 0.15) is 11.3 Å². The summed E-state index contributed by atoms with van der Waals surface area (Å²) in [5.74, 6) is -2.38. The van der Waals surface area contributed by atoms with Gasteiger partial charge in [0.1, 0.15) is 17.5 Å². The van der Waals surface area contributed by atoms with Crippen molar-refractivity contribution < 1.29 is 18.4 Å². The van der Waals surface area contributed by atoms with Crippen molar-refractivity contribution in [2.45, 2.75) is 13.0 Å². The van der Waals surface area contributed by atoms with Crippen molar-refractivity contribution in [2.75, 3.05) is 16.8 Å². The molecule has 0 aliphatic carbocycles. The molecule has 0 saturated carbocycles. The van der Waals surface area contributed by atoms with E-state index >= 15 is 0 Å². The molecule has 1 N–H and O–H groups in total. The predicted molar refractivity (Wildman–Crippen MR) is 101 cm³/mol. The molecule has 3 heterocycles. The Morgan fingerprint density at radius 3 is 2.89 bits per heavy atom. The number of amides is 2. The molecule has 9 heteroatoms. The molecule has 0 radical (unpaired) electrons. The lowest BCUT2D eigenvalue weighted by Crippen LogP contribution is -2.29. The maximum Gasteiger partial charge on any atom is 0.230 e. The molecule has 1 saturated heterocycles. The van der Waals surface area contributed by atoms with Crippen molar-refractivity contribution in [1.29, 1.82) is 0 Å². The molecule has 3 aromatic rings. The second-order valence-corrected chi connectivity index (χ2v) is 7.48. The molecule has 1 atom stereocenters. The smallest absolute Gasteiger partial charge is 0.230 e. The van der Waals surface area contributed by atoms with Crippen LogP contribution in [0.2, 0.25) is 0 Å². The van der Waals surface area contributed by atoms with Crippen molar-refractivity contribution in [2.24, 2.45) is 5.92 Å². The maximum absolute atomic E-state index is 14.0. The Morgan fingerprint density at radius 1 is 1.29 bits per heavy atom. The van der Waals surface area contributed by atoms with Crippen LogP contribution in [0, 0.1) is 17.6 Å². The minimum atomic E-state index is -0.830. The predicted octanol–water partition coefficient (Wildman–Crippen LogP) is 3.26. The fourth-order valence-electron chi connectivity index (χ4n) is 3.16. The van der Waals surface area contributed by atoms with Crippen LogP contribution in [0.5, 0.6) is 0 Å². The molecule has 0 bridgehead atoms. The number of carbonyl (C=O) groups excluding carboxylic acids is 2. The van der Waals surface area contributed by atoms with E-state index in [1.807, 2.05) is 17.5 Å². The van der Waals surface area contributed by atoms with E-state index in [1.165, 1.54) is 11.0 Å². The van der Waals surface area contributed by atoms with Crippen molar-refractivity contribution in [3.8, 4) is 0 Å². The molecule has 0 unspecified atom stereocenters. The van der Waals surface area contributed by atoms with Crippen LogP contribution in [0.25, 0.3) is 0 Å². The lowest BCUT2D eigenvalue weighted by Gasteiger charge is -2.17. The van der Waals surface area contributed by atoms with E-state index in [0.717, 1.165) is 17.0 Å². The lowest BCUT2D eigenvalue weighted by molar-refractivity contribution is -0.122. The molecule has 1 aromatic carbocycles. The van der Waals surface area contributed by atoms with Gasteiger partial charge in [0.15, 0.2) is 0 Å². The van der Waals surface area contributed by atoms with E-state index in [2.05, 4.69) is 10.4 Å². The Kier molecular flexibility index (Phi) is 4.91. The summed E-state index contributed by atoms with van der Waals surface area (Å²) in [6, 6.07) is 8.61. The minimum absolute atomic E-state index is 0.0237. The molecule has 1 fully saturated rings. The zero-order valence-corrected chi connectivity index (χ0v) is 15.5. The third kappa shape index (κ3) is 3.65. The van der Waals surface area contributed by atoms with Gasteiger partial charge in [-0.05, 0) is 23.6 Å². The fraction of sp³-hybridized carbons (Fsp3) is 0.211. The van der Waals surface area contributed by atoms with Crippen molar-refractivity contribution in [1.82, 2.24) is 9.78 Å². The second-order valence-electron chi connectivity index (χ2n) is 6.44. The summed E-state index contributed by atoms with van der Waals surface area (Å²) in [5.41, 5.74) is -0.0237. The molecule has 0 spiro atoms. The van der Waals surface area contributed by atoms with E-state index in [4.69, 9.17) is 0 Å². The number of thiophene rings is 1. The van der Waals surface area contributed by atoms with E-state index in [1.54, 1.807) is 28.3 Å². The third-order valence-corrected chi connectivity index (χ3v) is 5.41. The Balaban J connectivity index is 1.45. The summed E-state index contributed by atoms with van der Waals surface area (Å²) in [6.45, 7) is 0.559. The number of rotatable bonds is 5. The van der Waals surface area contributed by atoms with Gasteiger partial charge in [0.05, 0.1) is 24.3 Å². The van der Waals surface area contributed by atoms with Crippen LogP contribution >= 0.6 is 11.3 Å². The lowest BCUT2D eigenvalue weighted by atomic mass is 10.1. The first-order valence-electron chi connectivity index (χ1n) is 8.62. The SMILES string of the molecule is O=C(Nc1ccnn1Cc1cccs1)[C@H]1CC(=O)N(c2ccc(F)cc2F)C1. The number of nitrogens with zero attached hydrogens (tertiary/aromatic N) is 3. The second kappa shape index (κ2) is 7.51. The number of hydrogen-bond donors (Lipinski definition) is 1. The summed E-state index contributed by atoms with van der Waals surface area (Å²) in [6.07, 6.45) is 1.55. The zero-order valence-electron chi connectivity index (χ0n) is 14.6. The van der Waals surface area contributed by atoms with Crippen molar-refractivity contribution in [3.05, 3.63) is 64.5 Å². The first kappa shape index (κ1) is 18.3. The highest BCUT2D eigenvalue weighted by atomic mass is 32.1. The Morgan fingerprint density at radius 2 is 2.14 bits per heavy atom. The van der Waals surface area contributed by atoms with Crippen molar-refractivity contribution >= 4 is 34.7 Å². The summed E-state index contributed by atoms with van der Waals surface area (Å²) in [5, 5.41) is 8.97. The molecule has 4 rings (SSSR count). The van der Waals surface area contributed by atoms with Crippen LogP contribution in [-0.2, 0) is 16.1 Å². The summed E-state index contributed by atoms with van der Waals surface area (Å²) >= 11 is 1.59. The third-order valence-electron chi connectivity index (χ3n) is 4.55. The topological polar surface area (TPSA) is 67.2 Å². The summed E-state index contributed by atoms with van der Waals surface area (Å²) in [4.78, 5) is 27.2. The first-order valence-corrected chi connectivity index (χ1v) is 9.49. The van der Waals surface area contributed by atoms with Crippen molar-refractivity contribution in [3.63, 3.8) is 0 Å². The van der Waals surface area contributed by atoms with Gasteiger partial charge in [-0.15, -0.1) is 11.3 Å². The molecule has 6 nitrogen and oxygen atoms in total. The first-order chi connectivity index (χ1) is 13.5. The number of carbonyl (C=O) groups is 2. The van der Waals surface area contributed by atoms with Crippen LogP contribution in [0.4, 0.5) is 20.3 Å². The Hall–Kier alpha value is -3.07. The molecule has 1 aliphatic heterocycles. The molecule has 1 aliphatic rings. The fourth-order valence-corrected chi connectivity index (χ4v) is 3.85.